The molecule has 0 aromatic carbocycles. The molecule has 17 heavy (non-hydrogen) atoms. The fraction of sp³-hybridized carbons (Fsp3) is 0.727. The standard InChI is InChI=1S/C11H15Cl3O2Si/c1-2-9(17(12,13)14)11-4-3-7(6-11)5-8(11)10(15)16/h3-4,7-9H,2,5-6H2,1H3,(H,15,16). The summed E-state index contributed by atoms with van der Waals surface area (Å²) in [5, 5.41) is 9.36. The Morgan fingerprint density at radius 2 is 2.24 bits per heavy atom. The second-order valence-electron chi connectivity index (χ2n) is 5.06. The Labute approximate surface area is 116 Å². The van der Waals surface area contributed by atoms with Crippen molar-refractivity contribution in [3.05, 3.63) is 12.2 Å². The zero-order valence-corrected chi connectivity index (χ0v) is 12.8. The first-order valence-corrected chi connectivity index (χ1v) is 10.9. The normalized spacial score (nSPS) is 37.4. The van der Waals surface area contributed by atoms with Gasteiger partial charge in [-0.2, -0.15) is 0 Å². The molecule has 0 heterocycles. The first-order chi connectivity index (χ1) is 7.81. The second kappa shape index (κ2) is 4.44. The molecule has 96 valence electrons. The highest BCUT2D eigenvalue weighted by molar-refractivity contribution is 7.65. The number of halogens is 3. The largest absolute Gasteiger partial charge is 0.481 e. The molecule has 2 aliphatic carbocycles. The van der Waals surface area contributed by atoms with E-state index in [9.17, 15) is 9.90 Å². The molecule has 1 N–H and O–H groups in total. The number of carbonyl (C=O) groups is 1. The number of hydrogen-bond donors (Lipinski definition) is 1. The highest BCUT2D eigenvalue weighted by atomic mass is 35.8. The Balaban J connectivity index is 2.39. The van der Waals surface area contributed by atoms with Gasteiger partial charge in [0.2, 0.25) is 0 Å². The number of fused-ring (bicyclic) bond motifs is 2. The lowest BCUT2D eigenvalue weighted by Crippen LogP contribution is -2.40. The molecule has 4 atom stereocenters. The summed E-state index contributed by atoms with van der Waals surface area (Å²) in [7, 11) is 0. The van der Waals surface area contributed by atoms with Crippen LogP contribution in [0.3, 0.4) is 0 Å². The fourth-order valence-corrected chi connectivity index (χ4v) is 8.30. The van der Waals surface area contributed by atoms with Gasteiger partial charge in [0.05, 0.1) is 5.92 Å². The number of aliphatic carboxylic acids is 1. The first kappa shape index (κ1) is 13.7. The Bertz CT molecular complexity index is 366. The minimum absolute atomic E-state index is 0.107. The molecule has 0 radical (unpaired) electrons. The predicted molar refractivity (Wildman–Crippen MR) is 72.8 cm³/mol. The predicted octanol–water partition coefficient (Wildman–Crippen LogP) is 4.09. The van der Waals surface area contributed by atoms with Crippen LogP contribution >= 0.6 is 33.2 Å². The summed E-state index contributed by atoms with van der Waals surface area (Å²) in [5.41, 5.74) is -0.521. The Morgan fingerprint density at radius 3 is 2.65 bits per heavy atom. The van der Waals surface area contributed by atoms with Crippen LogP contribution in [0, 0.1) is 17.3 Å². The van der Waals surface area contributed by atoms with Gasteiger partial charge in [-0.1, -0.05) is 25.5 Å². The van der Waals surface area contributed by atoms with Gasteiger partial charge in [0.25, 0.3) is 0 Å². The molecule has 2 rings (SSSR count). The van der Waals surface area contributed by atoms with Gasteiger partial charge in [-0.05, 0) is 18.8 Å². The first-order valence-electron chi connectivity index (χ1n) is 5.80. The van der Waals surface area contributed by atoms with Crippen LogP contribution in [0.25, 0.3) is 0 Å². The third-order valence-electron chi connectivity index (χ3n) is 4.23. The van der Waals surface area contributed by atoms with E-state index in [1.54, 1.807) is 0 Å². The molecule has 2 bridgehead atoms. The van der Waals surface area contributed by atoms with Gasteiger partial charge < -0.3 is 5.11 Å². The zero-order chi connectivity index (χ0) is 12.8. The summed E-state index contributed by atoms with van der Waals surface area (Å²) in [4.78, 5) is 11.4. The van der Waals surface area contributed by atoms with E-state index in [4.69, 9.17) is 33.2 Å². The summed E-state index contributed by atoms with van der Waals surface area (Å²) in [6, 6.07) is -2.90. The quantitative estimate of drug-likeness (QED) is 0.482. The molecule has 2 nitrogen and oxygen atoms in total. The maximum atomic E-state index is 11.4. The van der Waals surface area contributed by atoms with Gasteiger partial charge in [0, 0.05) is 11.0 Å². The van der Waals surface area contributed by atoms with E-state index >= 15 is 0 Å². The van der Waals surface area contributed by atoms with Crippen LogP contribution in [0.1, 0.15) is 26.2 Å². The highest BCUT2D eigenvalue weighted by Gasteiger charge is 2.60. The smallest absolute Gasteiger partial charge is 0.345 e. The van der Waals surface area contributed by atoms with Crippen LogP contribution in [0.2, 0.25) is 5.54 Å². The van der Waals surface area contributed by atoms with E-state index in [2.05, 4.69) is 6.08 Å². The lowest BCUT2D eigenvalue weighted by atomic mass is 9.74. The van der Waals surface area contributed by atoms with Crippen LogP contribution < -0.4 is 0 Å². The van der Waals surface area contributed by atoms with Crippen molar-refractivity contribution in [2.45, 2.75) is 31.7 Å². The number of hydrogen-bond acceptors (Lipinski definition) is 1. The molecule has 0 aliphatic heterocycles. The minimum atomic E-state index is -2.90. The van der Waals surface area contributed by atoms with Crippen molar-refractivity contribution < 1.29 is 9.90 Å². The van der Waals surface area contributed by atoms with E-state index < -0.39 is 17.4 Å². The molecule has 0 amide bonds. The van der Waals surface area contributed by atoms with Crippen molar-refractivity contribution >= 4 is 45.2 Å². The Kier molecular flexibility index (Phi) is 3.59. The summed E-state index contributed by atoms with van der Waals surface area (Å²) >= 11 is 18.5. The fourth-order valence-electron chi connectivity index (χ4n) is 3.60. The van der Waals surface area contributed by atoms with E-state index in [-0.39, 0.29) is 11.5 Å². The molecule has 0 aromatic rings. The van der Waals surface area contributed by atoms with Gasteiger partial charge >= 0.3 is 12.0 Å². The average molecular weight is 314 g/mol. The number of carboxylic acids is 1. The lowest BCUT2D eigenvalue weighted by molar-refractivity contribution is -0.144. The number of rotatable bonds is 4. The number of carboxylic acid groups (broad SMARTS) is 1. The SMILES string of the molecule is CCC(C12C=CC(CC1C(=O)O)C2)[Si](Cl)(Cl)Cl. The molecule has 6 heteroatoms. The summed E-state index contributed by atoms with van der Waals surface area (Å²) in [6.45, 7) is 1.98. The summed E-state index contributed by atoms with van der Waals surface area (Å²) in [6.07, 6.45) is 6.38. The van der Waals surface area contributed by atoms with E-state index in [1.807, 2.05) is 13.0 Å². The third kappa shape index (κ3) is 2.16. The molecule has 2 aliphatic rings. The Morgan fingerprint density at radius 1 is 1.59 bits per heavy atom. The van der Waals surface area contributed by atoms with Crippen molar-refractivity contribution in [1.29, 1.82) is 0 Å². The Hall–Kier alpha value is 0.297. The molecule has 4 unspecified atom stereocenters. The van der Waals surface area contributed by atoms with Gasteiger partial charge in [-0.15, -0.1) is 33.2 Å². The average Bonchev–Trinajstić information content (AvgIpc) is 2.73. The van der Waals surface area contributed by atoms with Gasteiger partial charge in [0.15, 0.2) is 0 Å². The molecule has 0 spiro atoms. The topological polar surface area (TPSA) is 37.3 Å². The minimum Gasteiger partial charge on any atom is -0.481 e. The zero-order valence-electron chi connectivity index (χ0n) is 9.50. The van der Waals surface area contributed by atoms with Gasteiger partial charge in [0.1, 0.15) is 0 Å². The van der Waals surface area contributed by atoms with Gasteiger partial charge in [-0.3, -0.25) is 4.79 Å². The molecule has 0 aromatic heterocycles. The molecule has 1 fully saturated rings. The van der Waals surface area contributed by atoms with Crippen molar-refractivity contribution in [2.75, 3.05) is 0 Å². The summed E-state index contributed by atoms with van der Waals surface area (Å²) in [5.74, 6) is -0.782. The lowest BCUT2D eigenvalue weighted by Gasteiger charge is -2.40. The number of allylic oxidation sites excluding steroid dienone is 2. The van der Waals surface area contributed by atoms with Crippen LogP contribution in [0.5, 0.6) is 0 Å². The summed E-state index contributed by atoms with van der Waals surface area (Å²) < 4.78 is 0. The molecule has 1 saturated carbocycles. The van der Waals surface area contributed by atoms with E-state index in [1.165, 1.54) is 0 Å². The monoisotopic (exact) mass is 312 g/mol. The van der Waals surface area contributed by atoms with Crippen LogP contribution in [0.4, 0.5) is 0 Å². The maximum Gasteiger partial charge on any atom is 0.345 e. The van der Waals surface area contributed by atoms with E-state index in [0.29, 0.717) is 12.3 Å². The molecular formula is C11H15Cl3O2Si. The second-order valence-corrected chi connectivity index (χ2v) is 14.0. The molecular weight excluding hydrogens is 299 g/mol. The van der Waals surface area contributed by atoms with E-state index in [0.717, 1.165) is 12.8 Å². The van der Waals surface area contributed by atoms with Crippen molar-refractivity contribution in [1.82, 2.24) is 0 Å². The van der Waals surface area contributed by atoms with Crippen molar-refractivity contribution in [2.24, 2.45) is 17.3 Å². The van der Waals surface area contributed by atoms with Crippen molar-refractivity contribution in [3.8, 4) is 0 Å². The highest BCUT2D eigenvalue weighted by Crippen LogP contribution is 2.64. The maximum absolute atomic E-state index is 11.4. The van der Waals surface area contributed by atoms with Crippen LogP contribution in [-0.2, 0) is 4.79 Å². The van der Waals surface area contributed by atoms with Crippen LogP contribution in [0.15, 0.2) is 12.2 Å². The van der Waals surface area contributed by atoms with Crippen LogP contribution in [-0.4, -0.2) is 17.1 Å². The van der Waals surface area contributed by atoms with Gasteiger partial charge in [-0.25, -0.2) is 0 Å². The molecule has 0 saturated heterocycles. The van der Waals surface area contributed by atoms with Crippen molar-refractivity contribution in [3.63, 3.8) is 0 Å². The third-order valence-corrected chi connectivity index (χ3v) is 8.34.